The fourth-order valence-corrected chi connectivity index (χ4v) is 4.61. The van der Waals surface area contributed by atoms with Crippen LogP contribution in [0.1, 0.15) is 32.6 Å². The Labute approximate surface area is 123 Å². The molecule has 0 spiro atoms. The van der Waals surface area contributed by atoms with E-state index in [1.165, 1.54) is 0 Å². The Morgan fingerprint density at radius 2 is 2.05 bits per heavy atom. The van der Waals surface area contributed by atoms with Gasteiger partial charge in [0.2, 0.25) is 0 Å². The predicted molar refractivity (Wildman–Crippen MR) is 80.7 cm³/mol. The molecule has 1 aromatic heterocycles. The van der Waals surface area contributed by atoms with E-state index in [0.29, 0.717) is 17.5 Å². The van der Waals surface area contributed by atoms with Crippen LogP contribution >= 0.6 is 11.5 Å². The number of rotatable bonds is 5. The molecule has 4 N–H and O–H groups in total. The monoisotopic (exact) mass is 319 g/mol. The average Bonchev–Trinajstić information content (AvgIpc) is 2.80. The number of nitrogens with one attached hydrogen (secondary N) is 1. The van der Waals surface area contributed by atoms with Crippen LogP contribution in [-0.4, -0.2) is 36.3 Å². The van der Waals surface area contributed by atoms with Gasteiger partial charge in [0.15, 0.2) is 15.7 Å². The summed E-state index contributed by atoms with van der Waals surface area (Å²) in [4.78, 5) is 0.140. The predicted octanol–water partition coefficient (Wildman–Crippen LogP) is 1.48. The summed E-state index contributed by atoms with van der Waals surface area (Å²) in [5.41, 5.74) is 5.68. The highest BCUT2D eigenvalue weighted by Gasteiger charge is 2.25. The number of aliphatic hydroxyl groups excluding tert-OH is 1. The zero-order valence-corrected chi connectivity index (χ0v) is 13.1. The lowest BCUT2D eigenvalue weighted by Crippen LogP contribution is -2.23. The lowest BCUT2D eigenvalue weighted by atomic mass is 9.87. The van der Waals surface area contributed by atoms with Crippen LogP contribution in [0.15, 0.2) is 4.90 Å². The Kier molecular flexibility index (Phi) is 4.87. The van der Waals surface area contributed by atoms with Crippen molar-refractivity contribution in [3.63, 3.8) is 0 Å². The number of aromatic nitrogens is 1. The van der Waals surface area contributed by atoms with Crippen molar-refractivity contribution >= 4 is 32.2 Å². The van der Waals surface area contributed by atoms with E-state index in [1.54, 1.807) is 6.92 Å². The summed E-state index contributed by atoms with van der Waals surface area (Å²) in [7, 11) is -3.36. The van der Waals surface area contributed by atoms with Gasteiger partial charge in [-0.2, -0.15) is 4.37 Å². The van der Waals surface area contributed by atoms with Gasteiger partial charge in [-0.05, 0) is 43.1 Å². The molecule has 8 heteroatoms. The molecule has 0 bridgehead atoms. The van der Waals surface area contributed by atoms with E-state index in [9.17, 15) is 13.5 Å². The van der Waals surface area contributed by atoms with Gasteiger partial charge in [-0.25, -0.2) is 8.42 Å². The maximum Gasteiger partial charge on any atom is 0.184 e. The second-order valence-electron chi connectivity index (χ2n) is 5.18. The van der Waals surface area contributed by atoms with Crippen molar-refractivity contribution in [3.8, 4) is 0 Å². The third kappa shape index (κ3) is 3.42. The maximum atomic E-state index is 12.0. The van der Waals surface area contributed by atoms with E-state index >= 15 is 0 Å². The summed E-state index contributed by atoms with van der Waals surface area (Å²) in [5, 5.41) is 13.2. The summed E-state index contributed by atoms with van der Waals surface area (Å²) in [6, 6.07) is 0. The fraction of sp³-hybridized carbons (Fsp3) is 0.750. The first-order valence-corrected chi connectivity index (χ1v) is 9.26. The molecule has 0 aromatic carbocycles. The van der Waals surface area contributed by atoms with Gasteiger partial charge in [0.25, 0.3) is 0 Å². The number of hydrogen-bond acceptors (Lipinski definition) is 7. The molecule has 1 aliphatic rings. The minimum Gasteiger partial charge on any atom is -0.393 e. The molecular formula is C12H21N3O3S2. The van der Waals surface area contributed by atoms with Crippen molar-refractivity contribution in [2.75, 3.05) is 23.3 Å². The number of anilines is 2. The molecule has 0 atom stereocenters. The van der Waals surface area contributed by atoms with Crippen molar-refractivity contribution in [2.24, 2.45) is 5.92 Å². The van der Waals surface area contributed by atoms with Crippen molar-refractivity contribution in [1.29, 1.82) is 0 Å². The first kappa shape index (κ1) is 15.5. The lowest BCUT2D eigenvalue weighted by Gasteiger charge is -2.25. The van der Waals surface area contributed by atoms with Gasteiger partial charge in [0.1, 0.15) is 9.90 Å². The normalized spacial score (nSPS) is 23.7. The Morgan fingerprint density at radius 3 is 2.65 bits per heavy atom. The third-order valence-electron chi connectivity index (χ3n) is 3.73. The second-order valence-corrected chi connectivity index (χ2v) is 8.17. The molecule has 1 fully saturated rings. The quantitative estimate of drug-likeness (QED) is 0.759. The van der Waals surface area contributed by atoms with Crippen LogP contribution in [0.5, 0.6) is 0 Å². The van der Waals surface area contributed by atoms with Gasteiger partial charge in [-0.3, -0.25) is 0 Å². The minimum absolute atomic E-state index is 0.0138. The molecule has 1 saturated carbocycles. The Hall–Kier alpha value is -0.860. The largest absolute Gasteiger partial charge is 0.393 e. The van der Waals surface area contributed by atoms with Crippen molar-refractivity contribution in [2.45, 2.75) is 43.6 Å². The summed E-state index contributed by atoms with van der Waals surface area (Å²) >= 11 is 1.09. The molecule has 6 nitrogen and oxygen atoms in total. The molecule has 0 saturated heterocycles. The molecule has 20 heavy (non-hydrogen) atoms. The highest BCUT2D eigenvalue weighted by atomic mass is 32.2. The van der Waals surface area contributed by atoms with Gasteiger partial charge >= 0.3 is 0 Å². The minimum atomic E-state index is -3.36. The van der Waals surface area contributed by atoms with E-state index in [1.807, 2.05) is 0 Å². The van der Waals surface area contributed by atoms with Gasteiger partial charge in [-0.1, -0.05) is 6.92 Å². The lowest BCUT2D eigenvalue weighted by molar-refractivity contribution is 0.111. The molecule has 0 amide bonds. The SMILES string of the molecule is CCS(=O)(=O)c1c(N)nsc1NCC1CCC(O)CC1. The first-order valence-electron chi connectivity index (χ1n) is 6.84. The van der Waals surface area contributed by atoms with Crippen LogP contribution in [0.3, 0.4) is 0 Å². The summed E-state index contributed by atoms with van der Waals surface area (Å²) in [6.45, 7) is 2.29. The van der Waals surface area contributed by atoms with Gasteiger partial charge in [0, 0.05) is 6.54 Å². The zero-order chi connectivity index (χ0) is 14.8. The molecule has 114 valence electrons. The van der Waals surface area contributed by atoms with Gasteiger partial charge in [-0.15, -0.1) is 0 Å². The van der Waals surface area contributed by atoms with Crippen LogP contribution in [-0.2, 0) is 9.84 Å². The number of nitrogen functional groups attached to an aromatic ring is 1. The van der Waals surface area contributed by atoms with Crippen LogP contribution < -0.4 is 11.1 Å². The fourth-order valence-electron chi connectivity index (χ4n) is 2.44. The highest BCUT2D eigenvalue weighted by molar-refractivity contribution is 7.91. The molecule has 0 aliphatic heterocycles. The van der Waals surface area contributed by atoms with E-state index < -0.39 is 9.84 Å². The summed E-state index contributed by atoms with van der Waals surface area (Å²) in [6.07, 6.45) is 3.37. The Bertz CT molecular complexity index is 548. The zero-order valence-electron chi connectivity index (χ0n) is 11.5. The van der Waals surface area contributed by atoms with Crippen LogP contribution in [0.4, 0.5) is 10.8 Å². The van der Waals surface area contributed by atoms with E-state index in [4.69, 9.17) is 5.73 Å². The van der Waals surface area contributed by atoms with Crippen LogP contribution in [0.25, 0.3) is 0 Å². The van der Waals surface area contributed by atoms with Crippen molar-refractivity contribution in [3.05, 3.63) is 0 Å². The van der Waals surface area contributed by atoms with Crippen LogP contribution in [0, 0.1) is 5.92 Å². The van der Waals surface area contributed by atoms with Crippen LogP contribution in [0.2, 0.25) is 0 Å². The number of sulfone groups is 1. The third-order valence-corrected chi connectivity index (χ3v) is 6.48. The standard InChI is InChI=1S/C12H21N3O3S2/c1-2-20(17,18)10-11(13)15-19-12(10)14-7-8-3-5-9(16)6-4-8/h8-9,14,16H,2-7H2,1H3,(H2,13,15). The molecule has 0 radical (unpaired) electrons. The van der Waals surface area contributed by atoms with Crippen molar-refractivity contribution < 1.29 is 13.5 Å². The number of hydrogen-bond donors (Lipinski definition) is 3. The molecule has 1 aliphatic carbocycles. The Balaban J connectivity index is 2.04. The first-order chi connectivity index (χ1) is 9.44. The number of aliphatic hydroxyl groups is 1. The van der Waals surface area contributed by atoms with E-state index in [2.05, 4.69) is 9.69 Å². The average molecular weight is 319 g/mol. The smallest absolute Gasteiger partial charge is 0.184 e. The second kappa shape index (κ2) is 6.28. The van der Waals surface area contributed by atoms with Crippen molar-refractivity contribution in [1.82, 2.24) is 4.37 Å². The highest BCUT2D eigenvalue weighted by Crippen LogP contribution is 2.33. The number of nitrogens with two attached hydrogens (primary N) is 1. The molecule has 1 heterocycles. The molecule has 0 unspecified atom stereocenters. The Morgan fingerprint density at radius 1 is 1.40 bits per heavy atom. The molecule has 2 rings (SSSR count). The van der Waals surface area contributed by atoms with E-state index in [0.717, 1.165) is 37.2 Å². The molecular weight excluding hydrogens is 298 g/mol. The maximum absolute atomic E-state index is 12.0. The summed E-state index contributed by atoms with van der Waals surface area (Å²) < 4.78 is 28.0. The van der Waals surface area contributed by atoms with Gasteiger partial charge < -0.3 is 16.2 Å². The van der Waals surface area contributed by atoms with E-state index in [-0.39, 0.29) is 22.6 Å². The van der Waals surface area contributed by atoms with Gasteiger partial charge in [0.05, 0.1) is 11.9 Å². The summed E-state index contributed by atoms with van der Waals surface area (Å²) in [5.74, 6) is 0.553. The number of nitrogens with zero attached hydrogens (tertiary/aromatic N) is 1. The topological polar surface area (TPSA) is 105 Å². The molecule has 1 aromatic rings.